The van der Waals surface area contributed by atoms with E-state index in [9.17, 15) is 0 Å². The third-order valence-corrected chi connectivity index (χ3v) is 9.63. The highest BCUT2D eigenvalue weighted by atomic mass is 15.1. The van der Waals surface area contributed by atoms with Crippen LogP contribution in [0.3, 0.4) is 0 Å². The van der Waals surface area contributed by atoms with E-state index in [1.54, 1.807) is 0 Å². The second kappa shape index (κ2) is 7.05. The average Bonchev–Trinajstić information content (AvgIpc) is 3.26. The normalized spacial score (nSPS) is 16.4. The minimum atomic E-state index is -0.0253. The van der Waals surface area contributed by atoms with Gasteiger partial charge in [0.2, 0.25) is 0 Å². The Hall–Kier alpha value is -4.10. The molecule has 2 aliphatic carbocycles. The molecule has 0 unspecified atom stereocenters. The van der Waals surface area contributed by atoms with Crippen molar-refractivity contribution in [2.75, 3.05) is 11.9 Å². The minimum absolute atomic E-state index is 0.0253. The summed E-state index contributed by atoms with van der Waals surface area (Å²) in [5.41, 5.74) is 18.9. The fourth-order valence-corrected chi connectivity index (χ4v) is 7.54. The van der Waals surface area contributed by atoms with E-state index in [0.717, 1.165) is 0 Å². The molecule has 0 amide bonds. The summed E-state index contributed by atoms with van der Waals surface area (Å²) in [7, 11) is 2.25. The molecule has 0 aromatic heterocycles. The number of rotatable bonds is 0. The Morgan fingerprint density at radius 1 is 0.395 bits per heavy atom. The van der Waals surface area contributed by atoms with E-state index in [2.05, 4.69) is 137 Å². The zero-order valence-corrected chi connectivity index (χ0v) is 22.7. The Bertz CT molecular complexity index is 1700. The molecule has 5 aromatic rings. The molecule has 0 fully saturated rings. The monoisotopic (exact) mass is 489 g/mol. The lowest BCUT2D eigenvalue weighted by molar-refractivity contribution is 0.660. The van der Waals surface area contributed by atoms with Crippen LogP contribution >= 0.6 is 0 Å². The molecule has 3 aliphatic rings. The molecule has 0 N–H and O–H groups in total. The van der Waals surface area contributed by atoms with Crippen LogP contribution in [0.4, 0.5) is 11.4 Å². The van der Waals surface area contributed by atoms with Gasteiger partial charge in [0.05, 0.1) is 0 Å². The molecule has 0 atom stereocenters. The molecule has 0 bridgehead atoms. The van der Waals surface area contributed by atoms with Gasteiger partial charge in [0.1, 0.15) is 0 Å². The SMILES string of the molecule is CN1c2cc3c(cc2-c2ccccc2-c2cc4c(cc21)-c1ccccc1C4(C)C)C(C)(C)c1ccccc1-3. The van der Waals surface area contributed by atoms with Crippen molar-refractivity contribution in [1.82, 2.24) is 0 Å². The summed E-state index contributed by atoms with van der Waals surface area (Å²) in [6, 6.07) is 36.8. The standard InChI is InChI=1S/C37H31N/c1-36(2)30-16-10-8-14-24(30)26-20-34-28(18-32(26)36)22-12-6-7-13-23(22)29-19-33-27(21-35(29)38(34)5)25-15-9-11-17-31(25)37(33,3)4/h6-21H,1-5H3. The lowest BCUT2D eigenvalue weighted by atomic mass is 9.80. The number of fused-ring (bicyclic) bond motifs is 11. The highest BCUT2D eigenvalue weighted by Gasteiger charge is 2.39. The van der Waals surface area contributed by atoms with E-state index in [1.807, 2.05) is 0 Å². The molecule has 8 rings (SSSR count). The Morgan fingerprint density at radius 2 is 0.763 bits per heavy atom. The summed E-state index contributed by atoms with van der Waals surface area (Å²) < 4.78 is 0. The predicted molar refractivity (Wildman–Crippen MR) is 161 cm³/mol. The second-order valence-corrected chi connectivity index (χ2v) is 12.3. The first-order valence-electron chi connectivity index (χ1n) is 13.7. The van der Waals surface area contributed by atoms with E-state index in [0.29, 0.717) is 0 Å². The van der Waals surface area contributed by atoms with Crippen molar-refractivity contribution in [2.24, 2.45) is 0 Å². The Kier molecular flexibility index (Phi) is 4.07. The van der Waals surface area contributed by atoms with Crippen LogP contribution in [0.25, 0.3) is 44.5 Å². The van der Waals surface area contributed by atoms with Gasteiger partial charge in [-0.15, -0.1) is 0 Å². The maximum atomic E-state index is 2.48. The van der Waals surface area contributed by atoms with E-state index in [4.69, 9.17) is 0 Å². The fourth-order valence-electron chi connectivity index (χ4n) is 7.54. The van der Waals surface area contributed by atoms with Crippen LogP contribution in [-0.2, 0) is 10.8 Å². The van der Waals surface area contributed by atoms with Crippen molar-refractivity contribution in [3.05, 3.63) is 119 Å². The van der Waals surface area contributed by atoms with Gasteiger partial charge in [0.25, 0.3) is 0 Å². The summed E-state index contributed by atoms with van der Waals surface area (Å²) in [6.45, 7) is 9.48. The second-order valence-electron chi connectivity index (χ2n) is 12.3. The van der Waals surface area contributed by atoms with Crippen LogP contribution < -0.4 is 4.90 Å². The zero-order valence-electron chi connectivity index (χ0n) is 22.7. The maximum Gasteiger partial charge on any atom is 0.0494 e. The maximum absolute atomic E-state index is 2.48. The first kappa shape index (κ1) is 21.9. The highest BCUT2D eigenvalue weighted by Crippen LogP contribution is 2.57. The topological polar surface area (TPSA) is 3.24 Å². The quantitative estimate of drug-likeness (QED) is 0.209. The molecule has 5 aromatic carbocycles. The van der Waals surface area contributed by atoms with Crippen LogP contribution in [0.2, 0.25) is 0 Å². The lowest BCUT2D eigenvalue weighted by Gasteiger charge is -2.27. The number of anilines is 2. The molecule has 1 nitrogen and oxygen atoms in total. The fraction of sp³-hybridized carbons (Fsp3) is 0.189. The smallest absolute Gasteiger partial charge is 0.0494 e. The first-order valence-corrected chi connectivity index (χ1v) is 13.7. The van der Waals surface area contributed by atoms with E-state index in [-0.39, 0.29) is 10.8 Å². The van der Waals surface area contributed by atoms with Crippen LogP contribution in [-0.4, -0.2) is 7.05 Å². The summed E-state index contributed by atoms with van der Waals surface area (Å²) >= 11 is 0. The summed E-state index contributed by atoms with van der Waals surface area (Å²) in [6.07, 6.45) is 0. The van der Waals surface area contributed by atoms with Gasteiger partial charge >= 0.3 is 0 Å². The van der Waals surface area contributed by atoms with Crippen LogP contribution in [0.5, 0.6) is 0 Å². The van der Waals surface area contributed by atoms with Crippen LogP contribution in [0.1, 0.15) is 49.9 Å². The summed E-state index contributed by atoms with van der Waals surface area (Å²) in [4.78, 5) is 2.44. The number of hydrogen-bond acceptors (Lipinski definition) is 1. The predicted octanol–water partition coefficient (Wildman–Crippen LogP) is 9.71. The summed E-state index contributed by atoms with van der Waals surface area (Å²) in [5, 5.41) is 0. The zero-order chi connectivity index (χ0) is 26.0. The molecular formula is C37H31N. The van der Waals surface area contributed by atoms with Crippen LogP contribution in [0, 0.1) is 0 Å². The van der Waals surface area contributed by atoms with E-state index < -0.39 is 0 Å². The van der Waals surface area contributed by atoms with E-state index in [1.165, 1.54) is 78.1 Å². The summed E-state index contributed by atoms with van der Waals surface area (Å²) in [5.74, 6) is 0. The van der Waals surface area contributed by atoms with Gasteiger partial charge < -0.3 is 4.90 Å². The molecule has 0 saturated carbocycles. The van der Waals surface area contributed by atoms with Gasteiger partial charge in [0, 0.05) is 40.4 Å². The Balaban J connectivity index is 1.45. The number of benzene rings is 5. The number of nitrogens with zero attached hydrogens (tertiary/aromatic N) is 1. The first-order chi connectivity index (χ1) is 18.3. The third kappa shape index (κ3) is 2.57. The van der Waals surface area contributed by atoms with Gasteiger partial charge in [0.15, 0.2) is 0 Å². The molecule has 1 aliphatic heterocycles. The van der Waals surface area contributed by atoms with Gasteiger partial charge in [-0.05, 0) is 79.9 Å². The molecule has 1 heteroatoms. The highest BCUT2D eigenvalue weighted by molar-refractivity contribution is 6.03. The molecule has 184 valence electrons. The molecule has 1 heterocycles. The van der Waals surface area contributed by atoms with Crippen molar-refractivity contribution in [3.63, 3.8) is 0 Å². The number of hydrogen-bond donors (Lipinski definition) is 0. The van der Waals surface area contributed by atoms with Crippen molar-refractivity contribution < 1.29 is 0 Å². The molecule has 38 heavy (non-hydrogen) atoms. The average molecular weight is 490 g/mol. The van der Waals surface area contributed by atoms with Crippen LogP contribution in [0.15, 0.2) is 97.1 Å². The minimum Gasteiger partial charge on any atom is -0.344 e. The van der Waals surface area contributed by atoms with Gasteiger partial charge in [-0.3, -0.25) is 0 Å². The van der Waals surface area contributed by atoms with Crippen molar-refractivity contribution >= 4 is 11.4 Å². The molecule has 0 saturated heterocycles. The van der Waals surface area contributed by atoms with Crippen molar-refractivity contribution in [2.45, 2.75) is 38.5 Å². The third-order valence-electron chi connectivity index (χ3n) is 9.63. The van der Waals surface area contributed by atoms with E-state index >= 15 is 0 Å². The molecule has 0 radical (unpaired) electrons. The molecular weight excluding hydrogens is 458 g/mol. The van der Waals surface area contributed by atoms with Crippen molar-refractivity contribution in [1.29, 1.82) is 0 Å². The Morgan fingerprint density at radius 3 is 1.18 bits per heavy atom. The molecule has 0 spiro atoms. The lowest BCUT2D eigenvalue weighted by Crippen LogP contribution is -2.16. The van der Waals surface area contributed by atoms with Gasteiger partial charge in [-0.1, -0.05) is 100 Å². The largest absolute Gasteiger partial charge is 0.344 e. The Labute approximate surface area is 225 Å². The van der Waals surface area contributed by atoms with Gasteiger partial charge in [-0.2, -0.15) is 0 Å². The van der Waals surface area contributed by atoms with Crippen molar-refractivity contribution in [3.8, 4) is 44.5 Å². The van der Waals surface area contributed by atoms with Gasteiger partial charge in [-0.25, -0.2) is 0 Å².